The van der Waals surface area contributed by atoms with E-state index < -0.39 is 6.04 Å². The van der Waals surface area contributed by atoms with Crippen molar-refractivity contribution in [1.29, 1.82) is 0 Å². The molecule has 98 valence electrons. The number of nitrogens with two attached hydrogens (primary N) is 1. The van der Waals surface area contributed by atoms with Gasteiger partial charge in [-0.15, -0.1) is 0 Å². The van der Waals surface area contributed by atoms with Crippen molar-refractivity contribution in [3.63, 3.8) is 0 Å². The number of fused-ring (bicyclic) bond motifs is 1. The zero-order chi connectivity index (χ0) is 13.3. The first-order valence-electron chi connectivity index (χ1n) is 6.44. The summed E-state index contributed by atoms with van der Waals surface area (Å²) in [5.74, 6) is -0.0293. The standard InChI is InChI=1S/C14H21N3O/c1-4-5-8-16(2)10-6-7-11-12(9-10)17(3)14(18)13(11)15/h6-7,9,13H,4-5,8,15H2,1-3H3. The van der Waals surface area contributed by atoms with Gasteiger partial charge in [0.25, 0.3) is 0 Å². The number of benzene rings is 1. The number of amides is 1. The summed E-state index contributed by atoms with van der Waals surface area (Å²) >= 11 is 0. The zero-order valence-corrected chi connectivity index (χ0v) is 11.3. The quantitative estimate of drug-likeness (QED) is 0.884. The van der Waals surface area contributed by atoms with Crippen LogP contribution in [-0.2, 0) is 4.79 Å². The molecular formula is C14H21N3O. The number of nitrogens with zero attached hydrogens (tertiary/aromatic N) is 2. The molecule has 0 saturated carbocycles. The number of likely N-dealkylation sites (N-methyl/N-ethyl adjacent to an activating group) is 1. The monoisotopic (exact) mass is 247 g/mol. The summed E-state index contributed by atoms with van der Waals surface area (Å²) in [6.45, 7) is 3.21. The van der Waals surface area contributed by atoms with Crippen molar-refractivity contribution in [2.24, 2.45) is 5.73 Å². The number of carbonyl (C=O) groups is 1. The number of hydrogen-bond donors (Lipinski definition) is 1. The lowest BCUT2D eigenvalue weighted by atomic mass is 10.1. The summed E-state index contributed by atoms with van der Waals surface area (Å²) in [5.41, 5.74) is 8.88. The van der Waals surface area contributed by atoms with Crippen molar-refractivity contribution in [2.75, 3.05) is 30.4 Å². The normalized spacial score (nSPS) is 18.1. The summed E-state index contributed by atoms with van der Waals surface area (Å²) < 4.78 is 0. The molecule has 2 N–H and O–H groups in total. The van der Waals surface area contributed by atoms with E-state index in [0.717, 1.165) is 23.5 Å². The van der Waals surface area contributed by atoms with Gasteiger partial charge in [0.2, 0.25) is 5.91 Å². The minimum absolute atomic E-state index is 0.0293. The van der Waals surface area contributed by atoms with Gasteiger partial charge in [-0.1, -0.05) is 19.4 Å². The number of carbonyl (C=O) groups excluding carboxylic acids is 1. The maximum atomic E-state index is 11.8. The Morgan fingerprint density at radius 1 is 1.44 bits per heavy atom. The first-order valence-corrected chi connectivity index (χ1v) is 6.44. The van der Waals surface area contributed by atoms with Gasteiger partial charge in [-0.2, -0.15) is 0 Å². The van der Waals surface area contributed by atoms with Crippen LogP contribution >= 0.6 is 0 Å². The molecule has 0 saturated heterocycles. The molecule has 0 bridgehead atoms. The molecule has 4 nitrogen and oxygen atoms in total. The number of hydrogen-bond acceptors (Lipinski definition) is 3. The van der Waals surface area contributed by atoms with E-state index in [0.29, 0.717) is 0 Å². The highest BCUT2D eigenvalue weighted by atomic mass is 16.2. The molecule has 1 heterocycles. The molecule has 0 aliphatic carbocycles. The van der Waals surface area contributed by atoms with Gasteiger partial charge in [0.05, 0.1) is 5.69 Å². The third-order valence-electron chi connectivity index (χ3n) is 3.59. The van der Waals surface area contributed by atoms with E-state index >= 15 is 0 Å². The highest BCUT2D eigenvalue weighted by molar-refractivity contribution is 6.04. The van der Waals surface area contributed by atoms with Gasteiger partial charge in [0.15, 0.2) is 0 Å². The topological polar surface area (TPSA) is 49.6 Å². The molecule has 1 amide bonds. The number of anilines is 2. The summed E-state index contributed by atoms with van der Waals surface area (Å²) in [6.07, 6.45) is 2.35. The average molecular weight is 247 g/mol. The summed E-state index contributed by atoms with van der Waals surface area (Å²) in [4.78, 5) is 15.7. The molecule has 2 rings (SSSR count). The molecule has 1 aromatic rings. The van der Waals surface area contributed by atoms with Crippen LogP contribution in [0.25, 0.3) is 0 Å². The van der Waals surface area contributed by atoms with E-state index in [1.807, 2.05) is 12.1 Å². The van der Waals surface area contributed by atoms with Crippen molar-refractivity contribution in [3.05, 3.63) is 23.8 Å². The van der Waals surface area contributed by atoms with Crippen LogP contribution in [0.3, 0.4) is 0 Å². The number of rotatable bonds is 4. The molecule has 1 aromatic carbocycles. The second kappa shape index (κ2) is 4.98. The zero-order valence-electron chi connectivity index (χ0n) is 11.3. The molecule has 0 radical (unpaired) electrons. The lowest BCUT2D eigenvalue weighted by molar-refractivity contribution is -0.118. The van der Waals surface area contributed by atoms with Crippen LogP contribution < -0.4 is 15.5 Å². The lowest BCUT2D eigenvalue weighted by Gasteiger charge is -2.20. The first kappa shape index (κ1) is 12.9. The predicted molar refractivity (Wildman–Crippen MR) is 75.0 cm³/mol. The van der Waals surface area contributed by atoms with Crippen LogP contribution in [-0.4, -0.2) is 26.5 Å². The van der Waals surface area contributed by atoms with Crippen molar-refractivity contribution in [3.8, 4) is 0 Å². The Morgan fingerprint density at radius 3 is 2.83 bits per heavy atom. The minimum Gasteiger partial charge on any atom is -0.375 e. The molecule has 18 heavy (non-hydrogen) atoms. The van der Waals surface area contributed by atoms with Gasteiger partial charge in [0.1, 0.15) is 6.04 Å². The van der Waals surface area contributed by atoms with Crippen molar-refractivity contribution < 1.29 is 4.79 Å². The van der Waals surface area contributed by atoms with Gasteiger partial charge in [0, 0.05) is 31.9 Å². The Morgan fingerprint density at radius 2 is 2.17 bits per heavy atom. The maximum Gasteiger partial charge on any atom is 0.248 e. The van der Waals surface area contributed by atoms with E-state index in [9.17, 15) is 4.79 Å². The average Bonchev–Trinajstić information content (AvgIpc) is 2.61. The molecule has 1 unspecified atom stereocenters. The Bertz CT molecular complexity index is 458. The fourth-order valence-corrected chi connectivity index (χ4v) is 2.31. The summed E-state index contributed by atoms with van der Waals surface area (Å²) in [7, 11) is 3.86. The SMILES string of the molecule is CCCCN(C)c1ccc2c(c1)N(C)C(=O)C2N. The first-order chi connectivity index (χ1) is 8.56. The molecule has 0 aromatic heterocycles. The molecule has 1 atom stereocenters. The molecule has 1 aliphatic heterocycles. The minimum atomic E-state index is -0.500. The third kappa shape index (κ3) is 2.08. The van der Waals surface area contributed by atoms with Crippen LogP contribution in [0.5, 0.6) is 0 Å². The maximum absolute atomic E-state index is 11.8. The van der Waals surface area contributed by atoms with E-state index in [-0.39, 0.29) is 5.91 Å². The lowest BCUT2D eigenvalue weighted by Crippen LogP contribution is -2.27. The van der Waals surface area contributed by atoms with Gasteiger partial charge in [-0.3, -0.25) is 4.79 Å². The van der Waals surface area contributed by atoms with Crippen molar-refractivity contribution in [2.45, 2.75) is 25.8 Å². The second-order valence-corrected chi connectivity index (χ2v) is 4.89. The Balaban J connectivity index is 2.26. The fourth-order valence-electron chi connectivity index (χ4n) is 2.31. The summed E-state index contributed by atoms with van der Waals surface area (Å²) in [6, 6.07) is 5.57. The van der Waals surface area contributed by atoms with Gasteiger partial charge < -0.3 is 15.5 Å². The van der Waals surface area contributed by atoms with Gasteiger partial charge >= 0.3 is 0 Å². The fraction of sp³-hybridized carbons (Fsp3) is 0.500. The van der Waals surface area contributed by atoms with Crippen LogP contribution in [0.2, 0.25) is 0 Å². The molecule has 4 heteroatoms. The van der Waals surface area contributed by atoms with Crippen LogP contribution in [0, 0.1) is 0 Å². The van der Waals surface area contributed by atoms with Crippen LogP contribution in [0.15, 0.2) is 18.2 Å². The van der Waals surface area contributed by atoms with E-state index in [1.54, 1.807) is 11.9 Å². The summed E-state index contributed by atoms with van der Waals surface area (Å²) in [5, 5.41) is 0. The molecule has 1 aliphatic rings. The van der Waals surface area contributed by atoms with Gasteiger partial charge in [-0.05, 0) is 18.6 Å². The Kier molecular flexibility index (Phi) is 3.57. The predicted octanol–water partition coefficient (Wildman–Crippen LogP) is 1.90. The van der Waals surface area contributed by atoms with E-state index in [1.165, 1.54) is 12.8 Å². The van der Waals surface area contributed by atoms with Gasteiger partial charge in [-0.25, -0.2) is 0 Å². The smallest absolute Gasteiger partial charge is 0.248 e. The van der Waals surface area contributed by atoms with Crippen molar-refractivity contribution in [1.82, 2.24) is 0 Å². The Hall–Kier alpha value is -1.55. The molecular weight excluding hydrogens is 226 g/mol. The largest absolute Gasteiger partial charge is 0.375 e. The van der Waals surface area contributed by atoms with E-state index in [2.05, 4.69) is 24.9 Å². The Labute approximate surface area is 108 Å². The second-order valence-electron chi connectivity index (χ2n) is 4.89. The molecule has 0 spiro atoms. The third-order valence-corrected chi connectivity index (χ3v) is 3.59. The highest BCUT2D eigenvalue weighted by Crippen LogP contribution is 2.36. The van der Waals surface area contributed by atoms with E-state index in [4.69, 9.17) is 5.73 Å². The molecule has 0 fully saturated rings. The van der Waals surface area contributed by atoms with Crippen molar-refractivity contribution >= 4 is 17.3 Å². The van der Waals surface area contributed by atoms with Crippen LogP contribution in [0.1, 0.15) is 31.4 Å². The highest BCUT2D eigenvalue weighted by Gasteiger charge is 2.32. The van der Waals surface area contributed by atoms with Crippen LogP contribution in [0.4, 0.5) is 11.4 Å². The number of unbranched alkanes of at least 4 members (excludes halogenated alkanes) is 1.